The zero-order chi connectivity index (χ0) is 20.7. The highest BCUT2D eigenvalue weighted by molar-refractivity contribution is 5.33. The first-order chi connectivity index (χ1) is 14.3. The smallest absolute Gasteiger partial charge is 0.0951 e. The fourth-order valence-corrected chi connectivity index (χ4v) is 4.58. The Morgan fingerprint density at radius 2 is 1.38 bits per heavy atom. The van der Waals surface area contributed by atoms with Crippen molar-refractivity contribution in [2.45, 2.75) is 116 Å². The molecule has 2 aromatic rings. The molecule has 0 saturated heterocycles. The molecular formula is C27H44N2. The summed E-state index contributed by atoms with van der Waals surface area (Å²) in [5.41, 5.74) is 3.00. The van der Waals surface area contributed by atoms with Gasteiger partial charge in [0.1, 0.15) is 0 Å². The molecule has 0 radical (unpaired) electrons. The summed E-state index contributed by atoms with van der Waals surface area (Å²) in [5, 5.41) is 0. The fourth-order valence-electron chi connectivity index (χ4n) is 4.58. The third-order valence-electron chi connectivity index (χ3n) is 6.40. The van der Waals surface area contributed by atoms with Crippen molar-refractivity contribution < 1.29 is 0 Å². The molecule has 0 aliphatic heterocycles. The van der Waals surface area contributed by atoms with Crippen LogP contribution in [0.2, 0.25) is 0 Å². The van der Waals surface area contributed by atoms with E-state index in [1.807, 2.05) is 12.5 Å². The van der Waals surface area contributed by atoms with Gasteiger partial charge in [-0.25, -0.2) is 4.98 Å². The van der Waals surface area contributed by atoms with E-state index in [-0.39, 0.29) is 0 Å². The number of benzene rings is 1. The zero-order valence-corrected chi connectivity index (χ0v) is 19.3. The number of nitrogens with zero attached hydrogens (tertiary/aromatic N) is 2. The Morgan fingerprint density at radius 1 is 0.793 bits per heavy atom. The van der Waals surface area contributed by atoms with Crippen LogP contribution in [0.25, 0.3) is 0 Å². The second-order valence-electron chi connectivity index (χ2n) is 8.79. The predicted molar refractivity (Wildman–Crippen MR) is 127 cm³/mol. The SMILES string of the molecule is CCCCCCCCCCCCC[C@H](C)c1ccccc1C(CC)n1ccnc1. The Balaban J connectivity index is 1.70. The third kappa shape index (κ3) is 8.36. The molecule has 1 aromatic carbocycles. The molecule has 2 heteroatoms. The molecule has 29 heavy (non-hydrogen) atoms. The van der Waals surface area contributed by atoms with Crippen LogP contribution in [0.1, 0.15) is 127 Å². The second kappa shape index (κ2) is 14.4. The van der Waals surface area contributed by atoms with E-state index in [0.29, 0.717) is 12.0 Å². The molecular weight excluding hydrogens is 352 g/mol. The summed E-state index contributed by atoms with van der Waals surface area (Å²) in [7, 11) is 0. The Kier molecular flexibility index (Phi) is 11.8. The van der Waals surface area contributed by atoms with Gasteiger partial charge in [0.05, 0.1) is 12.4 Å². The van der Waals surface area contributed by atoms with Crippen molar-refractivity contribution in [2.75, 3.05) is 0 Å². The maximum atomic E-state index is 4.26. The molecule has 0 aliphatic carbocycles. The lowest BCUT2D eigenvalue weighted by Crippen LogP contribution is -2.11. The van der Waals surface area contributed by atoms with Gasteiger partial charge in [-0.1, -0.05) is 116 Å². The maximum Gasteiger partial charge on any atom is 0.0951 e. The van der Waals surface area contributed by atoms with Crippen LogP contribution in [0.15, 0.2) is 43.0 Å². The van der Waals surface area contributed by atoms with Crippen LogP contribution in [-0.2, 0) is 0 Å². The monoisotopic (exact) mass is 396 g/mol. The first kappa shape index (κ1) is 23.7. The van der Waals surface area contributed by atoms with Gasteiger partial charge in [0.25, 0.3) is 0 Å². The van der Waals surface area contributed by atoms with Crippen LogP contribution in [-0.4, -0.2) is 9.55 Å². The quantitative estimate of drug-likeness (QED) is 0.259. The zero-order valence-electron chi connectivity index (χ0n) is 19.3. The van der Waals surface area contributed by atoms with Crippen LogP contribution < -0.4 is 0 Å². The van der Waals surface area contributed by atoms with Crippen LogP contribution in [0.4, 0.5) is 0 Å². The summed E-state index contributed by atoms with van der Waals surface area (Å²) in [6.45, 7) is 6.98. The number of unbranched alkanes of at least 4 members (excludes halogenated alkanes) is 10. The summed E-state index contributed by atoms with van der Waals surface area (Å²) in [6.07, 6.45) is 23.9. The maximum absolute atomic E-state index is 4.26. The van der Waals surface area contributed by atoms with Crippen molar-refractivity contribution >= 4 is 0 Å². The number of imidazole rings is 1. The topological polar surface area (TPSA) is 17.8 Å². The fraction of sp³-hybridized carbons (Fsp3) is 0.667. The van der Waals surface area contributed by atoms with Gasteiger partial charge >= 0.3 is 0 Å². The minimum Gasteiger partial charge on any atom is -0.330 e. The summed E-state index contributed by atoms with van der Waals surface area (Å²) in [4.78, 5) is 4.26. The molecule has 0 bridgehead atoms. The van der Waals surface area contributed by atoms with E-state index in [4.69, 9.17) is 0 Å². The Bertz CT molecular complexity index is 632. The van der Waals surface area contributed by atoms with E-state index in [9.17, 15) is 0 Å². The molecule has 1 aromatic heterocycles. The molecule has 0 saturated carbocycles. The van der Waals surface area contributed by atoms with Gasteiger partial charge in [0, 0.05) is 12.4 Å². The van der Waals surface area contributed by atoms with Gasteiger partial charge in [-0.05, 0) is 29.9 Å². The minimum absolute atomic E-state index is 0.397. The Morgan fingerprint density at radius 3 is 1.93 bits per heavy atom. The summed E-state index contributed by atoms with van der Waals surface area (Å²) < 4.78 is 2.26. The van der Waals surface area contributed by atoms with E-state index in [1.165, 1.54) is 88.2 Å². The van der Waals surface area contributed by atoms with Crippen molar-refractivity contribution in [3.8, 4) is 0 Å². The molecule has 0 N–H and O–H groups in total. The third-order valence-corrected chi connectivity index (χ3v) is 6.40. The standard InChI is InChI=1S/C27H44N2/c1-4-6-7-8-9-10-11-12-13-14-15-18-24(3)25-19-16-17-20-26(25)27(5-2)29-22-21-28-23-29/h16-17,19-24,27H,4-15,18H2,1-3H3/t24-,27?/m0/s1. The number of hydrogen-bond donors (Lipinski definition) is 0. The van der Waals surface area contributed by atoms with Gasteiger partial charge < -0.3 is 4.57 Å². The molecule has 162 valence electrons. The van der Waals surface area contributed by atoms with Crippen molar-refractivity contribution in [2.24, 2.45) is 0 Å². The van der Waals surface area contributed by atoms with Gasteiger partial charge in [-0.2, -0.15) is 0 Å². The molecule has 1 heterocycles. The van der Waals surface area contributed by atoms with E-state index >= 15 is 0 Å². The molecule has 2 nitrogen and oxygen atoms in total. The van der Waals surface area contributed by atoms with Gasteiger partial charge in [-0.3, -0.25) is 0 Å². The molecule has 0 amide bonds. The summed E-state index contributed by atoms with van der Waals surface area (Å²) in [6, 6.07) is 9.45. The molecule has 0 spiro atoms. The van der Waals surface area contributed by atoms with Crippen LogP contribution in [0, 0.1) is 0 Å². The lowest BCUT2D eigenvalue weighted by molar-refractivity contribution is 0.522. The van der Waals surface area contributed by atoms with E-state index < -0.39 is 0 Å². The Labute approximate surface area is 180 Å². The van der Waals surface area contributed by atoms with E-state index in [1.54, 1.807) is 0 Å². The minimum atomic E-state index is 0.397. The second-order valence-corrected chi connectivity index (χ2v) is 8.79. The molecule has 0 fully saturated rings. The van der Waals surface area contributed by atoms with E-state index in [0.717, 1.165) is 6.42 Å². The number of rotatable bonds is 16. The molecule has 1 unspecified atom stereocenters. The highest BCUT2D eigenvalue weighted by Crippen LogP contribution is 2.32. The first-order valence-corrected chi connectivity index (χ1v) is 12.3. The normalized spacial score (nSPS) is 13.5. The lowest BCUT2D eigenvalue weighted by Gasteiger charge is -2.23. The molecule has 2 rings (SSSR count). The average molecular weight is 397 g/mol. The average Bonchev–Trinajstić information content (AvgIpc) is 3.27. The van der Waals surface area contributed by atoms with Crippen molar-refractivity contribution in [3.05, 3.63) is 54.1 Å². The van der Waals surface area contributed by atoms with Crippen molar-refractivity contribution in [3.63, 3.8) is 0 Å². The van der Waals surface area contributed by atoms with E-state index in [2.05, 4.69) is 60.8 Å². The highest BCUT2D eigenvalue weighted by atomic mass is 15.0. The number of hydrogen-bond acceptors (Lipinski definition) is 1. The van der Waals surface area contributed by atoms with Gasteiger partial charge in [-0.15, -0.1) is 0 Å². The predicted octanol–water partition coefficient (Wildman–Crippen LogP) is 8.69. The van der Waals surface area contributed by atoms with Gasteiger partial charge in [0.15, 0.2) is 0 Å². The van der Waals surface area contributed by atoms with Crippen molar-refractivity contribution in [1.82, 2.24) is 9.55 Å². The largest absolute Gasteiger partial charge is 0.330 e. The Hall–Kier alpha value is -1.57. The van der Waals surface area contributed by atoms with Gasteiger partial charge in [0.2, 0.25) is 0 Å². The summed E-state index contributed by atoms with van der Waals surface area (Å²) >= 11 is 0. The first-order valence-electron chi connectivity index (χ1n) is 12.3. The number of aromatic nitrogens is 2. The van der Waals surface area contributed by atoms with Crippen LogP contribution >= 0.6 is 0 Å². The van der Waals surface area contributed by atoms with Crippen LogP contribution in [0.3, 0.4) is 0 Å². The summed E-state index contributed by atoms with van der Waals surface area (Å²) in [5.74, 6) is 0.627. The molecule has 2 atom stereocenters. The van der Waals surface area contributed by atoms with Crippen LogP contribution in [0.5, 0.6) is 0 Å². The highest BCUT2D eigenvalue weighted by Gasteiger charge is 2.18. The van der Waals surface area contributed by atoms with Crippen molar-refractivity contribution in [1.29, 1.82) is 0 Å². The molecule has 0 aliphatic rings. The lowest BCUT2D eigenvalue weighted by atomic mass is 9.87.